The molecule has 0 radical (unpaired) electrons. The second-order valence-corrected chi connectivity index (χ2v) is 8.97. The molecule has 1 atom stereocenters. The Bertz CT molecular complexity index is 828. The molecule has 5 heteroatoms. The second-order valence-electron chi connectivity index (χ2n) is 6.99. The minimum atomic E-state index is -3.38. The van der Waals surface area contributed by atoms with E-state index in [1.165, 1.54) is 25.5 Å². The van der Waals surface area contributed by atoms with Gasteiger partial charge in [-0.05, 0) is 30.5 Å². The monoisotopic (exact) mass is 373 g/mol. The van der Waals surface area contributed by atoms with E-state index in [2.05, 4.69) is 5.32 Å². The van der Waals surface area contributed by atoms with Crippen molar-refractivity contribution in [1.29, 1.82) is 0 Å². The van der Waals surface area contributed by atoms with Crippen LogP contribution < -0.4 is 10.1 Å². The topological polar surface area (TPSA) is 55.4 Å². The Labute approximate surface area is 156 Å². The van der Waals surface area contributed by atoms with Crippen LogP contribution in [0.2, 0.25) is 0 Å². The van der Waals surface area contributed by atoms with Gasteiger partial charge in [0, 0.05) is 17.9 Å². The summed E-state index contributed by atoms with van der Waals surface area (Å²) in [5.74, 6) is 0.602. The molecule has 2 aromatic rings. The van der Waals surface area contributed by atoms with E-state index in [-0.39, 0.29) is 6.04 Å². The summed E-state index contributed by atoms with van der Waals surface area (Å²) in [6, 6.07) is 15.4. The number of sulfone groups is 1. The molecule has 4 nitrogen and oxygen atoms in total. The summed E-state index contributed by atoms with van der Waals surface area (Å²) in [4.78, 5) is 0.328. The van der Waals surface area contributed by atoms with Gasteiger partial charge in [-0.15, -0.1) is 0 Å². The van der Waals surface area contributed by atoms with Crippen LogP contribution in [0.25, 0.3) is 0 Å². The molecule has 140 valence electrons. The smallest absolute Gasteiger partial charge is 0.176 e. The molecule has 0 aliphatic heterocycles. The number of hydrogen-bond acceptors (Lipinski definition) is 4. The summed E-state index contributed by atoms with van der Waals surface area (Å²) in [7, 11) is -1.79. The number of hydrogen-bond donors (Lipinski definition) is 1. The maximum atomic E-state index is 12.5. The summed E-state index contributed by atoms with van der Waals surface area (Å²) in [6.07, 6.45) is 7.19. The molecule has 3 rings (SSSR count). The van der Waals surface area contributed by atoms with Crippen molar-refractivity contribution in [2.45, 2.75) is 49.1 Å². The van der Waals surface area contributed by atoms with E-state index in [0.29, 0.717) is 22.3 Å². The molecule has 0 aromatic heterocycles. The maximum Gasteiger partial charge on any atom is 0.176 e. The van der Waals surface area contributed by atoms with Crippen LogP contribution in [0.1, 0.15) is 49.3 Å². The molecule has 0 saturated heterocycles. The summed E-state index contributed by atoms with van der Waals surface area (Å²) >= 11 is 0. The maximum absolute atomic E-state index is 12.5. The number of nitrogens with one attached hydrogen (secondary N) is 1. The Kier molecular flexibility index (Phi) is 5.99. The lowest BCUT2D eigenvalue weighted by molar-refractivity contribution is 0.344. The van der Waals surface area contributed by atoms with E-state index >= 15 is 0 Å². The zero-order valence-electron chi connectivity index (χ0n) is 15.4. The van der Waals surface area contributed by atoms with Crippen molar-refractivity contribution in [2.75, 3.05) is 13.4 Å². The Hall–Kier alpha value is -1.85. The lowest BCUT2D eigenvalue weighted by Crippen LogP contribution is -2.35. The molecule has 1 aliphatic rings. The molecule has 26 heavy (non-hydrogen) atoms. The number of ether oxygens (including phenoxy) is 1. The first-order valence-electron chi connectivity index (χ1n) is 9.18. The summed E-state index contributed by atoms with van der Waals surface area (Å²) in [5, 5.41) is 3.73. The average Bonchev–Trinajstić information content (AvgIpc) is 2.66. The summed E-state index contributed by atoms with van der Waals surface area (Å²) < 4.78 is 30.5. The molecule has 1 saturated carbocycles. The molecule has 1 fully saturated rings. The van der Waals surface area contributed by atoms with Crippen LogP contribution in [0, 0.1) is 0 Å². The largest absolute Gasteiger partial charge is 0.496 e. The van der Waals surface area contributed by atoms with E-state index in [1.807, 2.05) is 36.4 Å². The Balaban J connectivity index is 2.12. The predicted molar refractivity (Wildman–Crippen MR) is 104 cm³/mol. The van der Waals surface area contributed by atoms with Crippen molar-refractivity contribution >= 4 is 9.84 Å². The summed E-state index contributed by atoms with van der Waals surface area (Å²) in [6.45, 7) is 0. The highest BCUT2D eigenvalue weighted by Gasteiger charge is 2.28. The van der Waals surface area contributed by atoms with E-state index in [0.717, 1.165) is 18.4 Å². The third-order valence-corrected chi connectivity index (χ3v) is 6.23. The Morgan fingerprint density at radius 1 is 1.00 bits per heavy atom. The molecular formula is C21H27NO3S. The predicted octanol–water partition coefficient (Wildman–Crippen LogP) is 4.11. The minimum absolute atomic E-state index is 0.222. The number of benzene rings is 2. The fourth-order valence-electron chi connectivity index (χ4n) is 3.81. The Morgan fingerprint density at radius 2 is 1.69 bits per heavy atom. The van der Waals surface area contributed by atoms with Gasteiger partial charge in [0.2, 0.25) is 0 Å². The number of methoxy groups -OCH3 is 1. The lowest BCUT2D eigenvalue weighted by Gasteiger charge is -2.31. The van der Waals surface area contributed by atoms with Crippen molar-refractivity contribution in [3.8, 4) is 5.75 Å². The van der Waals surface area contributed by atoms with E-state index in [9.17, 15) is 8.42 Å². The van der Waals surface area contributed by atoms with Crippen LogP contribution in [0.4, 0.5) is 0 Å². The fraction of sp³-hybridized carbons (Fsp3) is 0.429. The standard InChI is InChI=1S/C21H27NO3S/c1-25-18-14-9-15-19(26(2,23)24)20(18)21(16-10-5-3-6-11-16)22-17-12-7-4-8-13-17/h3,5-6,9-11,14-15,17,21-22H,4,7-8,12-13H2,1-2H3. The third-order valence-electron chi connectivity index (χ3n) is 5.07. The van der Waals surface area contributed by atoms with Crippen LogP contribution in [0.5, 0.6) is 5.75 Å². The van der Waals surface area contributed by atoms with Crippen LogP contribution in [0.3, 0.4) is 0 Å². The minimum Gasteiger partial charge on any atom is -0.496 e. The molecule has 0 amide bonds. The van der Waals surface area contributed by atoms with Crippen LogP contribution in [-0.4, -0.2) is 27.8 Å². The van der Waals surface area contributed by atoms with Gasteiger partial charge in [-0.2, -0.15) is 0 Å². The van der Waals surface area contributed by atoms with Gasteiger partial charge in [-0.3, -0.25) is 0 Å². The van der Waals surface area contributed by atoms with Gasteiger partial charge >= 0.3 is 0 Å². The summed E-state index contributed by atoms with van der Waals surface area (Å²) in [5.41, 5.74) is 1.75. The van der Waals surface area contributed by atoms with Gasteiger partial charge in [0.25, 0.3) is 0 Å². The fourth-order valence-corrected chi connectivity index (χ4v) is 4.75. The van der Waals surface area contributed by atoms with Crippen molar-refractivity contribution in [2.24, 2.45) is 0 Å². The zero-order chi connectivity index (χ0) is 18.6. The normalized spacial score (nSPS) is 17.0. The van der Waals surface area contributed by atoms with Crippen LogP contribution in [-0.2, 0) is 9.84 Å². The van der Waals surface area contributed by atoms with Gasteiger partial charge in [0.05, 0.1) is 18.0 Å². The van der Waals surface area contributed by atoms with E-state index in [4.69, 9.17) is 4.74 Å². The zero-order valence-corrected chi connectivity index (χ0v) is 16.3. The first-order chi connectivity index (χ1) is 12.5. The SMILES string of the molecule is COc1cccc(S(C)(=O)=O)c1C(NC1CCCCC1)c1ccccc1. The van der Waals surface area contributed by atoms with Gasteiger partial charge in [0.1, 0.15) is 5.75 Å². The molecule has 1 unspecified atom stereocenters. The number of rotatable bonds is 6. The van der Waals surface area contributed by atoms with Gasteiger partial charge < -0.3 is 10.1 Å². The molecule has 1 aliphatic carbocycles. The molecule has 0 spiro atoms. The molecule has 0 heterocycles. The van der Waals surface area contributed by atoms with Gasteiger partial charge in [-0.25, -0.2) is 8.42 Å². The van der Waals surface area contributed by atoms with Gasteiger partial charge in [-0.1, -0.05) is 55.7 Å². The first-order valence-corrected chi connectivity index (χ1v) is 11.1. The Morgan fingerprint density at radius 3 is 2.31 bits per heavy atom. The van der Waals surface area contributed by atoms with Crippen LogP contribution in [0.15, 0.2) is 53.4 Å². The van der Waals surface area contributed by atoms with Crippen molar-refractivity contribution < 1.29 is 13.2 Å². The molecule has 2 aromatic carbocycles. The second kappa shape index (κ2) is 8.23. The van der Waals surface area contributed by atoms with E-state index in [1.54, 1.807) is 19.2 Å². The molecular weight excluding hydrogens is 346 g/mol. The first kappa shape index (κ1) is 18.9. The highest BCUT2D eigenvalue weighted by Crippen LogP contribution is 2.36. The average molecular weight is 374 g/mol. The molecule has 1 N–H and O–H groups in total. The highest BCUT2D eigenvalue weighted by atomic mass is 32.2. The van der Waals surface area contributed by atoms with Crippen molar-refractivity contribution in [3.05, 3.63) is 59.7 Å². The van der Waals surface area contributed by atoms with Crippen molar-refractivity contribution in [3.63, 3.8) is 0 Å². The van der Waals surface area contributed by atoms with E-state index < -0.39 is 9.84 Å². The lowest BCUT2D eigenvalue weighted by atomic mass is 9.91. The van der Waals surface area contributed by atoms with Crippen LogP contribution >= 0.6 is 0 Å². The highest BCUT2D eigenvalue weighted by molar-refractivity contribution is 7.90. The van der Waals surface area contributed by atoms with Gasteiger partial charge in [0.15, 0.2) is 9.84 Å². The molecule has 0 bridgehead atoms. The third kappa shape index (κ3) is 4.27. The quantitative estimate of drug-likeness (QED) is 0.828. The van der Waals surface area contributed by atoms with Crippen molar-refractivity contribution in [1.82, 2.24) is 5.32 Å².